The molecule has 0 saturated carbocycles. The number of amides is 2. The maximum absolute atomic E-state index is 12.0. The van der Waals surface area contributed by atoms with Crippen LogP contribution < -0.4 is 15.4 Å². The Bertz CT molecular complexity index is 749. The van der Waals surface area contributed by atoms with E-state index in [0.29, 0.717) is 38.1 Å². The molecule has 2 rings (SSSR count). The Labute approximate surface area is 162 Å². The van der Waals surface area contributed by atoms with Crippen molar-refractivity contribution in [2.24, 2.45) is 0 Å². The zero-order valence-corrected chi connectivity index (χ0v) is 16.3. The summed E-state index contributed by atoms with van der Waals surface area (Å²) in [5, 5.41) is 5.63. The molecule has 0 saturated heterocycles. The second kappa shape index (κ2) is 10.6. The third kappa shape index (κ3) is 6.52. The van der Waals surface area contributed by atoms with Crippen molar-refractivity contribution in [2.75, 3.05) is 13.2 Å². The molecule has 0 aliphatic rings. The summed E-state index contributed by atoms with van der Waals surface area (Å²) >= 11 is 3.42. The van der Waals surface area contributed by atoms with Crippen LogP contribution in [0.1, 0.15) is 35.7 Å². The molecule has 138 valence electrons. The zero-order valence-electron chi connectivity index (χ0n) is 14.8. The van der Waals surface area contributed by atoms with Gasteiger partial charge in [-0.05, 0) is 59.1 Å². The van der Waals surface area contributed by atoms with Crippen LogP contribution in [0.15, 0.2) is 53.0 Å². The molecule has 6 heteroatoms. The molecule has 2 aromatic carbocycles. The molecule has 2 amide bonds. The molecule has 0 aliphatic carbocycles. The highest BCUT2D eigenvalue weighted by Crippen LogP contribution is 2.23. The summed E-state index contributed by atoms with van der Waals surface area (Å²) in [5.41, 5.74) is 1.49. The number of para-hydroxylation sites is 1. The Balaban J connectivity index is 1.71. The zero-order chi connectivity index (χ0) is 18.8. The highest BCUT2D eigenvalue weighted by Gasteiger charge is 2.06. The average molecular weight is 419 g/mol. The lowest BCUT2D eigenvalue weighted by atomic mass is 10.1. The van der Waals surface area contributed by atoms with Crippen molar-refractivity contribution in [3.8, 4) is 5.75 Å². The van der Waals surface area contributed by atoms with Crippen LogP contribution in [0.3, 0.4) is 0 Å². The summed E-state index contributed by atoms with van der Waals surface area (Å²) in [6, 6.07) is 14.9. The van der Waals surface area contributed by atoms with Gasteiger partial charge in [0.1, 0.15) is 5.75 Å². The normalized spacial score (nSPS) is 10.2. The third-order valence-corrected chi connectivity index (χ3v) is 4.31. The fourth-order valence-electron chi connectivity index (χ4n) is 2.35. The fraction of sp³-hybridized carbons (Fsp3) is 0.300. The molecule has 26 heavy (non-hydrogen) atoms. The number of rotatable bonds is 9. The maximum Gasteiger partial charge on any atom is 0.251 e. The molecule has 2 N–H and O–H groups in total. The largest absolute Gasteiger partial charge is 0.492 e. The van der Waals surface area contributed by atoms with E-state index in [9.17, 15) is 9.59 Å². The van der Waals surface area contributed by atoms with Crippen molar-refractivity contribution in [2.45, 2.75) is 26.3 Å². The van der Waals surface area contributed by atoms with E-state index < -0.39 is 0 Å². The Morgan fingerprint density at radius 3 is 2.65 bits per heavy atom. The van der Waals surface area contributed by atoms with Gasteiger partial charge in [0.15, 0.2) is 0 Å². The first-order valence-corrected chi connectivity index (χ1v) is 9.40. The van der Waals surface area contributed by atoms with Gasteiger partial charge in [0, 0.05) is 25.1 Å². The van der Waals surface area contributed by atoms with E-state index in [4.69, 9.17) is 4.74 Å². The first kappa shape index (κ1) is 20.0. The van der Waals surface area contributed by atoms with Gasteiger partial charge in [-0.15, -0.1) is 0 Å². The number of carbonyl (C=O) groups excluding carboxylic acids is 2. The minimum Gasteiger partial charge on any atom is -0.492 e. The van der Waals surface area contributed by atoms with Gasteiger partial charge < -0.3 is 15.4 Å². The Morgan fingerprint density at radius 2 is 1.88 bits per heavy atom. The van der Waals surface area contributed by atoms with Gasteiger partial charge in [0.05, 0.1) is 11.1 Å². The molecule has 0 aliphatic heterocycles. The maximum atomic E-state index is 12.0. The summed E-state index contributed by atoms with van der Waals surface area (Å²) < 4.78 is 6.54. The van der Waals surface area contributed by atoms with Gasteiger partial charge in [0.25, 0.3) is 5.91 Å². The molecular weight excluding hydrogens is 396 g/mol. The van der Waals surface area contributed by atoms with Gasteiger partial charge in [0.2, 0.25) is 5.91 Å². The third-order valence-electron chi connectivity index (χ3n) is 3.66. The number of benzene rings is 2. The molecule has 2 aromatic rings. The summed E-state index contributed by atoms with van der Waals surface area (Å²) in [7, 11) is 0. The van der Waals surface area contributed by atoms with Crippen molar-refractivity contribution >= 4 is 27.7 Å². The lowest BCUT2D eigenvalue weighted by Crippen LogP contribution is -2.24. The quantitative estimate of drug-likeness (QED) is 0.610. The monoisotopic (exact) mass is 418 g/mol. The predicted molar refractivity (Wildman–Crippen MR) is 105 cm³/mol. The topological polar surface area (TPSA) is 67.4 Å². The van der Waals surface area contributed by atoms with Crippen LogP contribution >= 0.6 is 15.9 Å². The van der Waals surface area contributed by atoms with E-state index in [0.717, 1.165) is 15.8 Å². The smallest absolute Gasteiger partial charge is 0.251 e. The molecule has 0 aromatic heterocycles. The van der Waals surface area contributed by atoms with Crippen molar-refractivity contribution in [1.82, 2.24) is 10.6 Å². The van der Waals surface area contributed by atoms with Crippen LogP contribution in [0.4, 0.5) is 0 Å². The minimum atomic E-state index is -0.107. The van der Waals surface area contributed by atoms with Crippen LogP contribution in [0.2, 0.25) is 0 Å². The van der Waals surface area contributed by atoms with E-state index in [2.05, 4.69) is 26.6 Å². The molecule has 0 unspecified atom stereocenters. The fourth-order valence-corrected chi connectivity index (χ4v) is 2.75. The highest BCUT2D eigenvalue weighted by atomic mass is 79.9. The summed E-state index contributed by atoms with van der Waals surface area (Å²) in [6.45, 7) is 3.34. The number of halogens is 1. The molecule has 0 spiro atoms. The van der Waals surface area contributed by atoms with Gasteiger partial charge in [-0.25, -0.2) is 0 Å². The van der Waals surface area contributed by atoms with Crippen LogP contribution in [0, 0.1) is 0 Å². The highest BCUT2D eigenvalue weighted by molar-refractivity contribution is 9.10. The van der Waals surface area contributed by atoms with Crippen molar-refractivity contribution < 1.29 is 14.3 Å². The standard InChI is InChI=1S/C20H23BrN2O3/c1-2-22-20(25)16-8-5-7-15(13-16)14-23-19(24)11-6-12-26-18-10-4-3-9-17(18)21/h3-5,7-10,13H,2,6,11-12,14H2,1H3,(H,22,25)(H,23,24). The molecule has 0 fully saturated rings. The number of ether oxygens (including phenoxy) is 1. The molecule has 0 radical (unpaired) electrons. The average Bonchev–Trinajstić information content (AvgIpc) is 2.65. The predicted octanol–water partition coefficient (Wildman–Crippen LogP) is 3.67. The number of hydrogen-bond acceptors (Lipinski definition) is 3. The van der Waals surface area contributed by atoms with Gasteiger partial charge in [-0.2, -0.15) is 0 Å². The summed E-state index contributed by atoms with van der Waals surface area (Å²) in [5.74, 6) is 0.629. The summed E-state index contributed by atoms with van der Waals surface area (Å²) in [4.78, 5) is 23.8. The van der Waals surface area contributed by atoms with E-state index in [1.165, 1.54) is 0 Å². The first-order chi connectivity index (χ1) is 12.6. The van der Waals surface area contributed by atoms with E-state index in [1.54, 1.807) is 12.1 Å². The molecule has 0 bridgehead atoms. The second-order valence-electron chi connectivity index (χ2n) is 5.72. The number of nitrogens with one attached hydrogen (secondary N) is 2. The van der Waals surface area contributed by atoms with Gasteiger partial charge >= 0.3 is 0 Å². The van der Waals surface area contributed by atoms with Gasteiger partial charge in [-0.1, -0.05) is 24.3 Å². The summed E-state index contributed by atoms with van der Waals surface area (Å²) in [6.07, 6.45) is 1.02. The van der Waals surface area contributed by atoms with E-state index in [-0.39, 0.29) is 11.8 Å². The molecule has 5 nitrogen and oxygen atoms in total. The second-order valence-corrected chi connectivity index (χ2v) is 6.57. The Kier molecular flexibility index (Phi) is 8.15. The Morgan fingerprint density at radius 1 is 1.08 bits per heavy atom. The molecular formula is C20H23BrN2O3. The lowest BCUT2D eigenvalue weighted by Gasteiger charge is -2.09. The first-order valence-electron chi connectivity index (χ1n) is 8.61. The molecule has 0 atom stereocenters. The minimum absolute atomic E-state index is 0.0378. The number of hydrogen-bond donors (Lipinski definition) is 2. The Hall–Kier alpha value is -2.34. The van der Waals surface area contributed by atoms with Crippen LogP contribution in [-0.4, -0.2) is 25.0 Å². The van der Waals surface area contributed by atoms with Crippen molar-refractivity contribution in [3.63, 3.8) is 0 Å². The van der Waals surface area contributed by atoms with Crippen LogP contribution in [0.25, 0.3) is 0 Å². The molecule has 0 heterocycles. The van der Waals surface area contributed by atoms with Crippen LogP contribution in [-0.2, 0) is 11.3 Å². The SMILES string of the molecule is CCNC(=O)c1cccc(CNC(=O)CCCOc2ccccc2Br)c1. The van der Waals surface area contributed by atoms with Crippen LogP contribution in [0.5, 0.6) is 5.75 Å². The van der Waals surface area contributed by atoms with Crippen molar-refractivity contribution in [1.29, 1.82) is 0 Å². The lowest BCUT2D eigenvalue weighted by molar-refractivity contribution is -0.121. The van der Waals surface area contributed by atoms with Gasteiger partial charge in [-0.3, -0.25) is 9.59 Å². The number of carbonyl (C=O) groups is 2. The van der Waals surface area contributed by atoms with Crippen molar-refractivity contribution in [3.05, 3.63) is 64.1 Å². The van der Waals surface area contributed by atoms with E-state index >= 15 is 0 Å². The van der Waals surface area contributed by atoms with E-state index in [1.807, 2.05) is 43.3 Å².